The molecule has 1 aliphatic rings. The maximum Gasteiger partial charge on any atom is 0.272 e. The number of aryl methyl sites for hydroxylation is 2. The molecule has 3 rings (SSSR count). The Balaban J connectivity index is 1.88. The standard InChI is InChI=1S/C13H17N5O/c1-7-12(8(2)17-16-7)15-13(19)11-5-9(14)6-18(11)10-3-4-10/h5-6,10H,3-4,14H2,1-2H3,(H,15,19)(H,16,17). The SMILES string of the molecule is Cc1n[nH]c(C)c1NC(=O)c1cc(N)cn1C1CC1. The Bertz CT molecular complexity index is 616. The Labute approximate surface area is 111 Å². The van der Waals surface area contributed by atoms with Gasteiger partial charge in [0.1, 0.15) is 5.69 Å². The maximum atomic E-state index is 12.4. The van der Waals surface area contributed by atoms with Crippen molar-refractivity contribution < 1.29 is 4.79 Å². The number of hydrogen-bond donors (Lipinski definition) is 3. The zero-order valence-electron chi connectivity index (χ0n) is 11.0. The molecule has 2 aromatic rings. The summed E-state index contributed by atoms with van der Waals surface area (Å²) in [4.78, 5) is 12.4. The van der Waals surface area contributed by atoms with Gasteiger partial charge in [-0.3, -0.25) is 9.89 Å². The Morgan fingerprint density at radius 3 is 2.84 bits per heavy atom. The van der Waals surface area contributed by atoms with Gasteiger partial charge in [0.05, 0.1) is 22.8 Å². The van der Waals surface area contributed by atoms with Crippen LogP contribution in [0.25, 0.3) is 0 Å². The fourth-order valence-corrected chi connectivity index (χ4v) is 2.25. The average Bonchev–Trinajstić information content (AvgIpc) is 3.08. The van der Waals surface area contributed by atoms with Crippen LogP contribution in [0.15, 0.2) is 12.3 Å². The first-order valence-corrected chi connectivity index (χ1v) is 6.36. The van der Waals surface area contributed by atoms with Crippen LogP contribution in [0.1, 0.15) is 40.8 Å². The molecular formula is C13H17N5O. The van der Waals surface area contributed by atoms with Crippen LogP contribution in [0, 0.1) is 13.8 Å². The van der Waals surface area contributed by atoms with E-state index < -0.39 is 0 Å². The summed E-state index contributed by atoms with van der Waals surface area (Å²) in [5.41, 5.74) is 9.40. The number of carbonyl (C=O) groups is 1. The molecule has 19 heavy (non-hydrogen) atoms. The van der Waals surface area contributed by atoms with Crippen molar-refractivity contribution in [3.63, 3.8) is 0 Å². The highest BCUT2D eigenvalue weighted by atomic mass is 16.2. The molecule has 1 saturated carbocycles. The summed E-state index contributed by atoms with van der Waals surface area (Å²) in [7, 11) is 0. The molecule has 6 nitrogen and oxygen atoms in total. The highest BCUT2D eigenvalue weighted by Gasteiger charge is 2.28. The molecule has 0 spiro atoms. The molecule has 2 aromatic heterocycles. The van der Waals surface area contributed by atoms with Crippen LogP contribution in [0.3, 0.4) is 0 Å². The fraction of sp³-hybridized carbons (Fsp3) is 0.385. The van der Waals surface area contributed by atoms with Crippen molar-refractivity contribution in [2.45, 2.75) is 32.7 Å². The van der Waals surface area contributed by atoms with Crippen molar-refractivity contribution in [3.05, 3.63) is 29.3 Å². The summed E-state index contributed by atoms with van der Waals surface area (Å²) in [6.45, 7) is 3.73. The molecule has 0 radical (unpaired) electrons. The lowest BCUT2D eigenvalue weighted by molar-refractivity contribution is 0.101. The second-order valence-corrected chi connectivity index (χ2v) is 5.06. The van der Waals surface area contributed by atoms with E-state index in [0.717, 1.165) is 29.9 Å². The number of amides is 1. The minimum Gasteiger partial charge on any atom is -0.397 e. The molecule has 2 heterocycles. The van der Waals surface area contributed by atoms with Gasteiger partial charge in [0.15, 0.2) is 0 Å². The average molecular weight is 259 g/mol. The Hall–Kier alpha value is -2.24. The van der Waals surface area contributed by atoms with Gasteiger partial charge in [-0.05, 0) is 32.8 Å². The number of anilines is 2. The predicted molar refractivity (Wildman–Crippen MR) is 73.1 cm³/mol. The van der Waals surface area contributed by atoms with Gasteiger partial charge in [0.2, 0.25) is 0 Å². The van der Waals surface area contributed by atoms with Gasteiger partial charge in [-0.1, -0.05) is 0 Å². The largest absolute Gasteiger partial charge is 0.397 e. The van der Waals surface area contributed by atoms with Crippen LogP contribution in [-0.2, 0) is 0 Å². The third-order valence-electron chi connectivity index (χ3n) is 3.41. The van der Waals surface area contributed by atoms with E-state index >= 15 is 0 Å². The van der Waals surface area contributed by atoms with Gasteiger partial charge < -0.3 is 15.6 Å². The summed E-state index contributed by atoms with van der Waals surface area (Å²) in [6.07, 6.45) is 4.05. The molecule has 6 heteroatoms. The minimum atomic E-state index is -0.142. The van der Waals surface area contributed by atoms with Crippen LogP contribution >= 0.6 is 0 Å². The molecule has 0 atom stereocenters. The molecule has 0 bridgehead atoms. The molecule has 0 unspecified atom stereocenters. The lowest BCUT2D eigenvalue weighted by atomic mass is 10.3. The van der Waals surface area contributed by atoms with Crippen molar-refractivity contribution in [1.29, 1.82) is 0 Å². The summed E-state index contributed by atoms with van der Waals surface area (Å²) in [5.74, 6) is -0.142. The number of nitrogens with zero attached hydrogens (tertiary/aromatic N) is 2. The van der Waals surface area contributed by atoms with E-state index in [2.05, 4.69) is 15.5 Å². The topological polar surface area (TPSA) is 88.7 Å². The van der Waals surface area contributed by atoms with Crippen molar-refractivity contribution in [3.8, 4) is 0 Å². The van der Waals surface area contributed by atoms with Gasteiger partial charge >= 0.3 is 0 Å². The number of hydrogen-bond acceptors (Lipinski definition) is 3. The maximum absolute atomic E-state index is 12.4. The number of nitrogens with two attached hydrogens (primary N) is 1. The summed E-state index contributed by atoms with van der Waals surface area (Å²) < 4.78 is 1.97. The van der Waals surface area contributed by atoms with Crippen molar-refractivity contribution in [1.82, 2.24) is 14.8 Å². The number of carbonyl (C=O) groups excluding carboxylic acids is 1. The van der Waals surface area contributed by atoms with Gasteiger partial charge in [-0.2, -0.15) is 5.10 Å². The summed E-state index contributed by atoms with van der Waals surface area (Å²) in [6, 6.07) is 2.14. The Morgan fingerprint density at radius 2 is 2.26 bits per heavy atom. The molecule has 0 aromatic carbocycles. The van der Waals surface area contributed by atoms with Crippen LogP contribution < -0.4 is 11.1 Å². The molecule has 0 saturated heterocycles. The third-order valence-corrected chi connectivity index (χ3v) is 3.41. The quantitative estimate of drug-likeness (QED) is 0.787. The smallest absolute Gasteiger partial charge is 0.272 e. The summed E-state index contributed by atoms with van der Waals surface area (Å²) >= 11 is 0. The van der Waals surface area contributed by atoms with E-state index in [1.54, 1.807) is 6.07 Å². The molecule has 0 aliphatic heterocycles. The van der Waals surface area contributed by atoms with E-state index in [-0.39, 0.29) is 5.91 Å². The van der Waals surface area contributed by atoms with E-state index in [0.29, 0.717) is 17.4 Å². The van der Waals surface area contributed by atoms with E-state index in [1.807, 2.05) is 24.6 Å². The minimum absolute atomic E-state index is 0.142. The monoisotopic (exact) mass is 259 g/mol. The molecule has 1 aliphatic carbocycles. The number of aromatic nitrogens is 3. The zero-order chi connectivity index (χ0) is 13.6. The van der Waals surface area contributed by atoms with Gasteiger partial charge in [-0.15, -0.1) is 0 Å². The number of nitrogen functional groups attached to an aromatic ring is 1. The van der Waals surface area contributed by atoms with Crippen molar-refractivity contribution in [2.75, 3.05) is 11.1 Å². The van der Waals surface area contributed by atoms with Gasteiger partial charge in [0, 0.05) is 12.2 Å². The number of aromatic amines is 1. The molecule has 1 fully saturated rings. The third kappa shape index (κ3) is 2.09. The first-order chi connectivity index (χ1) is 9.06. The van der Waals surface area contributed by atoms with E-state index in [1.165, 1.54) is 0 Å². The highest BCUT2D eigenvalue weighted by molar-refractivity contribution is 6.04. The normalized spacial score (nSPS) is 14.6. The number of nitrogens with one attached hydrogen (secondary N) is 2. The lowest BCUT2D eigenvalue weighted by Gasteiger charge is -2.08. The first-order valence-electron chi connectivity index (χ1n) is 6.36. The second kappa shape index (κ2) is 4.15. The first kappa shape index (κ1) is 11.8. The lowest BCUT2D eigenvalue weighted by Crippen LogP contribution is -2.17. The van der Waals surface area contributed by atoms with Crippen molar-refractivity contribution in [2.24, 2.45) is 0 Å². The zero-order valence-corrected chi connectivity index (χ0v) is 11.0. The van der Waals surface area contributed by atoms with Gasteiger partial charge in [0.25, 0.3) is 5.91 Å². The number of rotatable bonds is 3. The predicted octanol–water partition coefficient (Wildman–Crippen LogP) is 2.00. The molecule has 100 valence electrons. The highest BCUT2D eigenvalue weighted by Crippen LogP contribution is 2.37. The second-order valence-electron chi connectivity index (χ2n) is 5.06. The molecule has 1 amide bonds. The van der Waals surface area contributed by atoms with Crippen LogP contribution in [-0.4, -0.2) is 20.7 Å². The molecular weight excluding hydrogens is 242 g/mol. The van der Waals surface area contributed by atoms with Crippen LogP contribution in [0.4, 0.5) is 11.4 Å². The summed E-state index contributed by atoms with van der Waals surface area (Å²) in [5, 5.41) is 9.82. The van der Waals surface area contributed by atoms with Crippen LogP contribution in [0.5, 0.6) is 0 Å². The van der Waals surface area contributed by atoms with Crippen molar-refractivity contribution >= 4 is 17.3 Å². The number of H-pyrrole nitrogens is 1. The van der Waals surface area contributed by atoms with E-state index in [9.17, 15) is 4.79 Å². The van der Waals surface area contributed by atoms with Gasteiger partial charge in [-0.25, -0.2) is 0 Å². The fourth-order valence-electron chi connectivity index (χ4n) is 2.25. The Kier molecular flexibility index (Phi) is 2.58. The Morgan fingerprint density at radius 1 is 1.53 bits per heavy atom. The molecule has 4 N–H and O–H groups in total. The van der Waals surface area contributed by atoms with E-state index in [4.69, 9.17) is 5.73 Å². The van der Waals surface area contributed by atoms with Crippen LogP contribution in [0.2, 0.25) is 0 Å².